The number of amides is 2. The first-order chi connectivity index (χ1) is 8.62. The number of carbonyl (C=O) groups is 2. The van der Waals surface area contributed by atoms with Crippen molar-refractivity contribution < 1.29 is 9.59 Å². The van der Waals surface area contributed by atoms with Crippen molar-refractivity contribution >= 4 is 11.8 Å². The Labute approximate surface area is 108 Å². The molecule has 0 unspecified atom stereocenters. The van der Waals surface area contributed by atoms with Gasteiger partial charge in [-0.1, -0.05) is 19.8 Å². The van der Waals surface area contributed by atoms with E-state index in [1.807, 2.05) is 4.90 Å². The van der Waals surface area contributed by atoms with Gasteiger partial charge in [-0.3, -0.25) is 9.59 Å². The lowest BCUT2D eigenvalue weighted by Crippen LogP contribution is -2.71. The number of carbonyl (C=O) groups excluding carboxylic acids is 2. The van der Waals surface area contributed by atoms with E-state index >= 15 is 0 Å². The molecule has 0 aromatic rings. The summed E-state index contributed by atoms with van der Waals surface area (Å²) in [7, 11) is 0. The molecule has 2 aliphatic carbocycles. The molecule has 0 atom stereocenters. The highest BCUT2D eigenvalue weighted by Gasteiger charge is 2.54. The molecule has 2 saturated carbocycles. The van der Waals surface area contributed by atoms with Crippen LogP contribution in [-0.4, -0.2) is 34.3 Å². The first-order valence-electron chi connectivity index (χ1n) is 7.25. The molecule has 3 rings (SSSR count). The third-order valence-electron chi connectivity index (χ3n) is 5.31. The molecule has 1 heterocycles. The van der Waals surface area contributed by atoms with Crippen LogP contribution in [0.15, 0.2) is 0 Å². The Morgan fingerprint density at radius 3 is 2.28 bits per heavy atom. The smallest absolute Gasteiger partial charge is 0.249 e. The molecule has 0 bridgehead atoms. The third kappa shape index (κ3) is 1.50. The minimum absolute atomic E-state index is 0.00949. The number of nitrogens with one attached hydrogen (secondary N) is 1. The van der Waals surface area contributed by atoms with Gasteiger partial charge in [-0.05, 0) is 38.5 Å². The van der Waals surface area contributed by atoms with Crippen molar-refractivity contribution in [2.45, 2.75) is 69.4 Å². The lowest BCUT2D eigenvalue weighted by molar-refractivity contribution is -0.160. The fraction of sp³-hybridized carbons (Fsp3) is 0.857. The number of piperazine rings is 1. The van der Waals surface area contributed by atoms with E-state index in [0.29, 0.717) is 0 Å². The van der Waals surface area contributed by atoms with Crippen LogP contribution in [0.1, 0.15) is 58.3 Å². The summed E-state index contributed by atoms with van der Waals surface area (Å²) < 4.78 is 0. The van der Waals surface area contributed by atoms with Crippen LogP contribution in [0.4, 0.5) is 0 Å². The summed E-state index contributed by atoms with van der Waals surface area (Å²) in [6.45, 7) is 2.41. The molecule has 0 aromatic heterocycles. The summed E-state index contributed by atoms with van der Waals surface area (Å²) in [6, 6.07) is 0. The molecule has 1 aliphatic heterocycles. The topological polar surface area (TPSA) is 49.4 Å². The molecule has 0 aromatic carbocycles. The minimum Gasteiger partial charge on any atom is -0.340 e. The van der Waals surface area contributed by atoms with Gasteiger partial charge in [-0.15, -0.1) is 0 Å². The fourth-order valence-corrected chi connectivity index (χ4v) is 3.93. The minimum atomic E-state index is -0.549. The van der Waals surface area contributed by atoms with E-state index in [0.717, 1.165) is 44.9 Å². The second-order valence-electron chi connectivity index (χ2n) is 6.16. The van der Waals surface area contributed by atoms with E-state index in [-0.39, 0.29) is 23.9 Å². The highest BCUT2D eigenvalue weighted by Crippen LogP contribution is 2.44. The lowest BCUT2D eigenvalue weighted by Gasteiger charge is -2.54. The Balaban J connectivity index is 1.90. The quantitative estimate of drug-likeness (QED) is 0.809. The first kappa shape index (κ1) is 12.0. The summed E-state index contributed by atoms with van der Waals surface area (Å²) >= 11 is 0. The van der Waals surface area contributed by atoms with Crippen molar-refractivity contribution in [3.63, 3.8) is 0 Å². The van der Waals surface area contributed by atoms with Gasteiger partial charge >= 0.3 is 0 Å². The van der Waals surface area contributed by atoms with E-state index in [1.165, 1.54) is 6.42 Å². The van der Waals surface area contributed by atoms with Crippen LogP contribution >= 0.6 is 0 Å². The van der Waals surface area contributed by atoms with Gasteiger partial charge in [0.15, 0.2) is 0 Å². The Kier molecular flexibility index (Phi) is 2.65. The molecule has 4 heteroatoms. The van der Waals surface area contributed by atoms with Crippen LogP contribution in [0.3, 0.4) is 0 Å². The predicted octanol–water partition coefficient (Wildman–Crippen LogP) is 1.59. The number of nitrogens with zero attached hydrogens (tertiary/aromatic N) is 1. The van der Waals surface area contributed by atoms with Gasteiger partial charge in [0.25, 0.3) is 0 Å². The van der Waals surface area contributed by atoms with Gasteiger partial charge in [-0.2, -0.15) is 0 Å². The summed E-state index contributed by atoms with van der Waals surface area (Å²) in [5, 5.41) is 2.99. The average molecular weight is 250 g/mol. The van der Waals surface area contributed by atoms with Crippen molar-refractivity contribution in [2.24, 2.45) is 0 Å². The molecular weight excluding hydrogens is 228 g/mol. The van der Waals surface area contributed by atoms with E-state index in [1.54, 1.807) is 0 Å². The van der Waals surface area contributed by atoms with Crippen molar-refractivity contribution in [3.8, 4) is 0 Å². The SMILES string of the molecule is CCC1(N2CC(=O)NC3(CCCC3)C2=O)CCC1. The van der Waals surface area contributed by atoms with Gasteiger partial charge in [0, 0.05) is 5.54 Å². The standard InChI is InChI=1S/C14H22N2O2/c1-2-13(6-5-7-13)16-10-11(17)15-14(12(16)18)8-3-4-9-14/h2-10H2,1H3,(H,15,17). The maximum absolute atomic E-state index is 12.8. The van der Waals surface area contributed by atoms with Crippen molar-refractivity contribution in [2.75, 3.05) is 6.54 Å². The monoisotopic (exact) mass is 250 g/mol. The molecule has 0 radical (unpaired) electrons. The maximum Gasteiger partial charge on any atom is 0.249 e. The van der Waals surface area contributed by atoms with E-state index < -0.39 is 5.54 Å². The Morgan fingerprint density at radius 1 is 1.11 bits per heavy atom. The molecule has 3 fully saturated rings. The molecule has 100 valence electrons. The summed E-state index contributed by atoms with van der Waals surface area (Å²) in [5.74, 6) is 0.234. The van der Waals surface area contributed by atoms with E-state index in [2.05, 4.69) is 12.2 Å². The number of hydrogen-bond donors (Lipinski definition) is 1. The molecular formula is C14H22N2O2. The van der Waals surface area contributed by atoms with Gasteiger partial charge in [0.2, 0.25) is 11.8 Å². The van der Waals surface area contributed by atoms with E-state index in [4.69, 9.17) is 0 Å². The first-order valence-corrected chi connectivity index (χ1v) is 7.25. The molecule has 4 nitrogen and oxygen atoms in total. The van der Waals surface area contributed by atoms with Crippen molar-refractivity contribution in [1.82, 2.24) is 10.2 Å². The van der Waals surface area contributed by atoms with Gasteiger partial charge in [0.1, 0.15) is 12.1 Å². The molecule has 18 heavy (non-hydrogen) atoms. The van der Waals surface area contributed by atoms with Gasteiger partial charge in [-0.25, -0.2) is 0 Å². The maximum atomic E-state index is 12.8. The third-order valence-corrected chi connectivity index (χ3v) is 5.31. The Hall–Kier alpha value is -1.06. The summed E-state index contributed by atoms with van der Waals surface area (Å²) in [4.78, 5) is 26.7. The zero-order chi connectivity index (χ0) is 12.8. The van der Waals surface area contributed by atoms with E-state index in [9.17, 15) is 9.59 Å². The zero-order valence-electron chi connectivity index (χ0n) is 11.1. The molecule has 3 aliphatic rings. The predicted molar refractivity (Wildman–Crippen MR) is 67.9 cm³/mol. The fourth-order valence-electron chi connectivity index (χ4n) is 3.93. The zero-order valence-corrected chi connectivity index (χ0v) is 11.1. The van der Waals surface area contributed by atoms with Crippen molar-refractivity contribution in [3.05, 3.63) is 0 Å². The average Bonchev–Trinajstić information content (AvgIpc) is 2.74. The Morgan fingerprint density at radius 2 is 1.78 bits per heavy atom. The largest absolute Gasteiger partial charge is 0.340 e. The molecule has 1 N–H and O–H groups in total. The summed E-state index contributed by atoms with van der Waals surface area (Å²) in [6.07, 6.45) is 8.06. The lowest BCUT2D eigenvalue weighted by atomic mass is 9.72. The van der Waals surface area contributed by atoms with Crippen LogP contribution in [0.25, 0.3) is 0 Å². The Bertz CT molecular complexity index is 376. The molecule has 1 spiro atoms. The second kappa shape index (κ2) is 3.97. The summed E-state index contributed by atoms with van der Waals surface area (Å²) in [5.41, 5.74) is -0.558. The van der Waals surface area contributed by atoms with Crippen LogP contribution < -0.4 is 5.32 Å². The second-order valence-corrected chi connectivity index (χ2v) is 6.16. The highest BCUT2D eigenvalue weighted by atomic mass is 16.2. The van der Waals surface area contributed by atoms with Gasteiger partial charge < -0.3 is 10.2 Å². The van der Waals surface area contributed by atoms with Crippen molar-refractivity contribution in [1.29, 1.82) is 0 Å². The van der Waals surface area contributed by atoms with Crippen LogP contribution in [0.2, 0.25) is 0 Å². The highest BCUT2D eigenvalue weighted by molar-refractivity contribution is 5.98. The molecule has 2 amide bonds. The van der Waals surface area contributed by atoms with Gasteiger partial charge in [0.05, 0.1) is 0 Å². The molecule has 1 saturated heterocycles. The van der Waals surface area contributed by atoms with Crippen LogP contribution in [0.5, 0.6) is 0 Å². The number of hydrogen-bond acceptors (Lipinski definition) is 2. The number of rotatable bonds is 2. The normalized spacial score (nSPS) is 29.3. The van der Waals surface area contributed by atoms with Crippen LogP contribution in [-0.2, 0) is 9.59 Å². The van der Waals surface area contributed by atoms with Crippen LogP contribution in [0, 0.1) is 0 Å².